The van der Waals surface area contributed by atoms with Crippen molar-refractivity contribution in [2.45, 2.75) is 12.7 Å². The second-order valence-electron chi connectivity index (χ2n) is 2.66. The fraction of sp³-hybridized carbons (Fsp3) is 0.222. The van der Waals surface area contributed by atoms with Gasteiger partial charge in [0.1, 0.15) is 0 Å². The molecule has 0 fully saturated rings. The van der Waals surface area contributed by atoms with E-state index in [1.807, 2.05) is 0 Å². The van der Waals surface area contributed by atoms with E-state index in [-0.39, 0.29) is 6.54 Å². The Morgan fingerprint density at radius 1 is 1.29 bits per heavy atom. The number of alkyl halides is 3. The van der Waals surface area contributed by atoms with Gasteiger partial charge in [0, 0.05) is 10.0 Å². The molecule has 1 aromatic rings. The van der Waals surface area contributed by atoms with Crippen molar-refractivity contribution in [1.82, 2.24) is 0 Å². The summed E-state index contributed by atoms with van der Waals surface area (Å²) in [6, 6.07) is 3.49. The average molecular weight is 264 g/mol. The SMILES string of the molecule is [C-]#[N+]Cc1cc(Br)cc(C(F)(F)F)c1. The van der Waals surface area contributed by atoms with Crippen LogP contribution in [0.25, 0.3) is 4.85 Å². The maximum absolute atomic E-state index is 12.3. The van der Waals surface area contributed by atoms with Crippen LogP contribution in [0.4, 0.5) is 13.2 Å². The van der Waals surface area contributed by atoms with Crippen molar-refractivity contribution in [2.75, 3.05) is 0 Å². The average Bonchev–Trinajstić information content (AvgIpc) is 2.02. The van der Waals surface area contributed by atoms with Gasteiger partial charge in [-0.05, 0) is 18.2 Å². The Bertz CT molecular complexity index is 379. The molecule has 0 heterocycles. The van der Waals surface area contributed by atoms with Crippen LogP contribution in [0.15, 0.2) is 22.7 Å². The summed E-state index contributed by atoms with van der Waals surface area (Å²) < 4.78 is 37.2. The standard InChI is InChI=1S/C9H5BrF3N/c1-14-5-6-2-7(9(11,12)13)4-8(10)3-6/h2-4H,5H2. The van der Waals surface area contributed by atoms with Crippen molar-refractivity contribution in [3.05, 3.63) is 45.2 Å². The lowest BCUT2D eigenvalue weighted by molar-refractivity contribution is -0.137. The number of hydrogen-bond donors (Lipinski definition) is 0. The van der Waals surface area contributed by atoms with E-state index in [1.54, 1.807) is 0 Å². The number of hydrogen-bond acceptors (Lipinski definition) is 0. The molecule has 0 aliphatic heterocycles. The minimum absolute atomic E-state index is 0.0392. The molecule has 0 unspecified atom stereocenters. The van der Waals surface area contributed by atoms with Crippen molar-refractivity contribution in [3.63, 3.8) is 0 Å². The smallest absolute Gasteiger partial charge is 0.312 e. The highest BCUT2D eigenvalue weighted by molar-refractivity contribution is 9.10. The maximum Gasteiger partial charge on any atom is 0.416 e. The van der Waals surface area contributed by atoms with Crippen molar-refractivity contribution in [1.29, 1.82) is 0 Å². The molecular weight excluding hydrogens is 259 g/mol. The molecule has 5 heteroatoms. The Kier molecular flexibility index (Phi) is 3.17. The van der Waals surface area contributed by atoms with Gasteiger partial charge in [0.05, 0.1) is 5.56 Å². The fourth-order valence-electron chi connectivity index (χ4n) is 0.997. The molecule has 0 amide bonds. The van der Waals surface area contributed by atoms with Crippen molar-refractivity contribution < 1.29 is 13.2 Å². The van der Waals surface area contributed by atoms with Crippen LogP contribution in [-0.4, -0.2) is 0 Å². The second kappa shape index (κ2) is 4.01. The number of rotatable bonds is 1. The first-order valence-electron chi connectivity index (χ1n) is 3.63. The predicted octanol–water partition coefficient (Wildman–Crippen LogP) is 3.89. The Balaban J connectivity index is 3.15. The van der Waals surface area contributed by atoms with Crippen LogP contribution in [0, 0.1) is 6.57 Å². The lowest BCUT2D eigenvalue weighted by Crippen LogP contribution is -2.05. The summed E-state index contributed by atoms with van der Waals surface area (Å²) >= 11 is 2.97. The molecule has 1 nitrogen and oxygen atoms in total. The second-order valence-corrected chi connectivity index (χ2v) is 3.58. The highest BCUT2D eigenvalue weighted by Gasteiger charge is 2.31. The van der Waals surface area contributed by atoms with E-state index in [2.05, 4.69) is 20.8 Å². The monoisotopic (exact) mass is 263 g/mol. The molecule has 0 aliphatic rings. The van der Waals surface area contributed by atoms with Crippen molar-refractivity contribution in [3.8, 4) is 0 Å². The van der Waals surface area contributed by atoms with Gasteiger partial charge >= 0.3 is 6.18 Å². The van der Waals surface area contributed by atoms with Gasteiger partial charge in [-0.1, -0.05) is 15.9 Å². The summed E-state index contributed by atoms with van der Waals surface area (Å²) in [6.07, 6.45) is -4.36. The third kappa shape index (κ3) is 2.74. The first-order chi connectivity index (χ1) is 6.43. The van der Waals surface area contributed by atoms with E-state index >= 15 is 0 Å². The van der Waals surface area contributed by atoms with Gasteiger partial charge in [0.25, 0.3) is 0 Å². The Hall–Kier alpha value is -1.02. The Morgan fingerprint density at radius 3 is 2.43 bits per heavy atom. The summed E-state index contributed by atoms with van der Waals surface area (Å²) in [5.74, 6) is 0. The first kappa shape index (κ1) is 11.1. The van der Waals surface area contributed by atoms with E-state index in [0.717, 1.165) is 12.1 Å². The summed E-state index contributed by atoms with van der Waals surface area (Å²) in [6.45, 7) is 6.53. The molecule has 0 spiro atoms. The predicted molar refractivity (Wildman–Crippen MR) is 49.5 cm³/mol. The summed E-state index contributed by atoms with van der Waals surface area (Å²) in [4.78, 5) is 3.03. The van der Waals surface area contributed by atoms with Crippen LogP contribution in [0.2, 0.25) is 0 Å². The van der Waals surface area contributed by atoms with Crippen LogP contribution < -0.4 is 0 Å². The van der Waals surface area contributed by atoms with E-state index in [1.165, 1.54) is 6.07 Å². The van der Waals surface area contributed by atoms with Crippen LogP contribution in [0.5, 0.6) is 0 Å². The summed E-state index contributed by atoms with van der Waals surface area (Å²) in [5.41, 5.74) is -0.368. The molecule has 0 aliphatic carbocycles. The molecular formula is C9H5BrF3N. The summed E-state index contributed by atoms with van der Waals surface area (Å²) in [7, 11) is 0. The van der Waals surface area contributed by atoms with Gasteiger partial charge < -0.3 is 4.85 Å². The molecule has 1 aromatic carbocycles. The zero-order valence-corrected chi connectivity index (χ0v) is 8.48. The topological polar surface area (TPSA) is 4.36 Å². The highest BCUT2D eigenvalue weighted by Crippen LogP contribution is 2.32. The van der Waals surface area contributed by atoms with Gasteiger partial charge in [-0.15, -0.1) is 0 Å². The largest absolute Gasteiger partial charge is 0.416 e. The van der Waals surface area contributed by atoms with Crippen molar-refractivity contribution in [2.24, 2.45) is 0 Å². The van der Waals surface area contributed by atoms with Crippen molar-refractivity contribution >= 4 is 15.9 Å². The number of benzene rings is 1. The Labute approximate surface area is 87.5 Å². The van der Waals surface area contributed by atoms with Gasteiger partial charge in [0.15, 0.2) is 0 Å². The molecule has 0 radical (unpaired) electrons. The molecule has 74 valence electrons. The molecule has 0 bridgehead atoms. The lowest BCUT2D eigenvalue weighted by atomic mass is 10.1. The van der Waals surface area contributed by atoms with E-state index in [0.29, 0.717) is 10.0 Å². The van der Waals surface area contributed by atoms with Gasteiger partial charge in [-0.25, -0.2) is 6.57 Å². The number of nitrogens with zero attached hydrogens (tertiary/aromatic N) is 1. The fourth-order valence-corrected chi connectivity index (χ4v) is 1.54. The quantitative estimate of drug-likeness (QED) is 0.678. The Morgan fingerprint density at radius 2 is 1.93 bits per heavy atom. The molecule has 14 heavy (non-hydrogen) atoms. The highest BCUT2D eigenvalue weighted by atomic mass is 79.9. The minimum Gasteiger partial charge on any atom is -0.312 e. The molecule has 0 saturated carbocycles. The van der Waals surface area contributed by atoms with Gasteiger partial charge in [0.2, 0.25) is 6.54 Å². The van der Waals surface area contributed by atoms with Crippen LogP contribution in [-0.2, 0) is 12.7 Å². The third-order valence-corrected chi connectivity index (χ3v) is 2.00. The minimum atomic E-state index is -4.36. The van der Waals surface area contributed by atoms with E-state index in [9.17, 15) is 13.2 Å². The molecule has 0 saturated heterocycles. The third-order valence-electron chi connectivity index (χ3n) is 1.55. The normalized spacial score (nSPS) is 11.1. The molecule has 0 aromatic heterocycles. The zero-order valence-electron chi connectivity index (χ0n) is 6.90. The lowest BCUT2D eigenvalue weighted by Gasteiger charge is -2.07. The molecule has 1 rings (SSSR count). The van der Waals surface area contributed by atoms with Gasteiger partial charge in [-0.2, -0.15) is 13.2 Å². The zero-order chi connectivity index (χ0) is 10.8. The summed E-state index contributed by atoms with van der Waals surface area (Å²) in [5, 5.41) is 0. The van der Waals surface area contributed by atoms with Crippen LogP contribution in [0.1, 0.15) is 11.1 Å². The maximum atomic E-state index is 12.3. The van der Waals surface area contributed by atoms with Crippen LogP contribution >= 0.6 is 15.9 Å². The number of halogens is 4. The molecule has 0 atom stereocenters. The first-order valence-corrected chi connectivity index (χ1v) is 4.42. The molecule has 0 N–H and O–H groups in total. The van der Waals surface area contributed by atoms with E-state index in [4.69, 9.17) is 6.57 Å². The van der Waals surface area contributed by atoms with Gasteiger partial charge in [-0.3, -0.25) is 0 Å². The van der Waals surface area contributed by atoms with E-state index < -0.39 is 11.7 Å². The van der Waals surface area contributed by atoms with Crippen LogP contribution in [0.3, 0.4) is 0 Å².